The number of aromatic nitrogens is 1. The van der Waals surface area contributed by atoms with Crippen molar-refractivity contribution in [3.63, 3.8) is 0 Å². The van der Waals surface area contributed by atoms with Crippen LogP contribution in [0.25, 0.3) is 10.8 Å². The van der Waals surface area contributed by atoms with Crippen LogP contribution < -0.4 is 5.32 Å². The summed E-state index contributed by atoms with van der Waals surface area (Å²) in [5.41, 5.74) is 0.0909. The zero-order chi connectivity index (χ0) is 16.4. The van der Waals surface area contributed by atoms with Crippen LogP contribution in [-0.4, -0.2) is 27.1 Å². The molecule has 0 aliphatic carbocycles. The van der Waals surface area contributed by atoms with E-state index in [1.165, 1.54) is 12.3 Å². The van der Waals surface area contributed by atoms with Gasteiger partial charge in [-0.05, 0) is 17.5 Å². The largest absolute Gasteiger partial charge is 0.478 e. The molecule has 0 saturated heterocycles. The maximum Gasteiger partial charge on any atom is 0.356 e. The van der Waals surface area contributed by atoms with Crippen molar-refractivity contribution in [1.29, 1.82) is 0 Å². The number of rotatable bonds is 4. The third-order valence-corrected chi connectivity index (χ3v) is 3.43. The third-order valence-electron chi connectivity index (χ3n) is 3.43. The van der Waals surface area contributed by atoms with Gasteiger partial charge in [0, 0.05) is 17.3 Å². The summed E-state index contributed by atoms with van der Waals surface area (Å²) < 4.78 is 0. The van der Waals surface area contributed by atoms with Crippen molar-refractivity contribution < 1.29 is 19.8 Å². The number of carboxylic acid groups (broad SMARTS) is 2. The Morgan fingerprint density at radius 3 is 2.39 bits per heavy atom. The van der Waals surface area contributed by atoms with E-state index in [1.807, 2.05) is 36.4 Å². The summed E-state index contributed by atoms with van der Waals surface area (Å²) in [6, 6.07) is 14.3. The molecular weight excluding hydrogens is 296 g/mol. The molecule has 3 aromatic rings. The normalized spacial score (nSPS) is 10.4. The number of carbonyl (C=O) groups is 2. The van der Waals surface area contributed by atoms with E-state index in [0.29, 0.717) is 5.69 Å². The molecule has 2 aromatic carbocycles. The first kappa shape index (κ1) is 14.5. The maximum absolute atomic E-state index is 11.4. The average Bonchev–Trinajstić information content (AvgIpc) is 2.55. The molecule has 23 heavy (non-hydrogen) atoms. The van der Waals surface area contributed by atoms with Crippen LogP contribution in [0.15, 0.2) is 54.7 Å². The molecule has 0 saturated carbocycles. The second-order valence-electron chi connectivity index (χ2n) is 4.84. The molecule has 0 aliphatic heterocycles. The van der Waals surface area contributed by atoms with E-state index < -0.39 is 11.9 Å². The standard InChI is InChI=1S/C17H12N2O4/c20-16(21)12-8-9-18-15(17(22)23)14(12)19-13-7-3-5-10-4-1-2-6-11(10)13/h1-9,19H,(H,20,21)(H,22,23). The molecule has 114 valence electrons. The molecule has 0 amide bonds. The average molecular weight is 308 g/mol. The lowest BCUT2D eigenvalue weighted by Crippen LogP contribution is -2.11. The van der Waals surface area contributed by atoms with Gasteiger partial charge in [0.1, 0.15) is 0 Å². The Morgan fingerprint density at radius 1 is 0.913 bits per heavy atom. The van der Waals surface area contributed by atoms with Crippen molar-refractivity contribution in [3.05, 3.63) is 66.0 Å². The van der Waals surface area contributed by atoms with Crippen LogP contribution in [0.1, 0.15) is 20.8 Å². The molecule has 6 heteroatoms. The molecule has 0 atom stereocenters. The second kappa shape index (κ2) is 5.76. The van der Waals surface area contributed by atoms with Gasteiger partial charge in [-0.2, -0.15) is 0 Å². The summed E-state index contributed by atoms with van der Waals surface area (Å²) in [7, 11) is 0. The van der Waals surface area contributed by atoms with E-state index in [2.05, 4.69) is 10.3 Å². The lowest BCUT2D eigenvalue weighted by Gasteiger charge is -2.13. The minimum atomic E-state index is -1.30. The van der Waals surface area contributed by atoms with Crippen molar-refractivity contribution in [3.8, 4) is 0 Å². The van der Waals surface area contributed by atoms with Gasteiger partial charge in [0.05, 0.1) is 11.3 Å². The van der Waals surface area contributed by atoms with E-state index in [0.717, 1.165) is 10.8 Å². The lowest BCUT2D eigenvalue weighted by molar-refractivity contribution is 0.0691. The highest BCUT2D eigenvalue weighted by atomic mass is 16.4. The number of hydrogen-bond donors (Lipinski definition) is 3. The highest BCUT2D eigenvalue weighted by molar-refractivity contribution is 6.05. The summed E-state index contributed by atoms with van der Waals surface area (Å²) >= 11 is 0. The first-order chi connectivity index (χ1) is 11.1. The molecule has 0 bridgehead atoms. The van der Waals surface area contributed by atoms with Crippen LogP contribution in [0.2, 0.25) is 0 Å². The number of nitrogens with one attached hydrogen (secondary N) is 1. The maximum atomic E-state index is 11.4. The van der Waals surface area contributed by atoms with Crippen molar-refractivity contribution >= 4 is 34.1 Å². The molecule has 0 unspecified atom stereocenters. The number of nitrogens with zero attached hydrogens (tertiary/aromatic N) is 1. The Bertz CT molecular complexity index is 884. The SMILES string of the molecule is O=C(O)c1ccnc(C(=O)O)c1Nc1cccc2ccccc12. The fourth-order valence-electron chi connectivity index (χ4n) is 2.40. The Labute approximate surface area is 131 Å². The van der Waals surface area contributed by atoms with Crippen LogP contribution >= 0.6 is 0 Å². The van der Waals surface area contributed by atoms with Gasteiger partial charge < -0.3 is 15.5 Å². The van der Waals surface area contributed by atoms with Crippen molar-refractivity contribution in [1.82, 2.24) is 4.98 Å². The van der Waals surface area contributed by atoms with Crippen molar-refractivity contribution in [2.24, 2.45) is 0 Å². The minimum Gasteiger partial charge on any atom is -0.478 e. The molecule has 0 spiro atoms. The zero-order valence-electron chi connectivity index (χ0n) is 11.9. The quantitative estimate of drug-likeness (QED) is 0.683. The van der Waals surface area contributed by atoms with Gasteiger partial charge in [-0.25, -0.2) is 14.6 Å². The van der Waals surface area contributed by atoms with Gasteiger partial charge in [0.2, 0.25) is 0 Å². The Hall–Kier alpha value is -3.41. The van der Waals surface area contributed by atoms with Gasteiger partial charge in [-0.15, -0.1) is 0 Å². The fraction of sp³-hybridized carbons (Fsp3) is 0. The summed E-state index contributed by atoms with van der Waals surface area (Å²) in [4.78, 5) is 26.5. The predicted molar refractivity (Wildman–Crippen MR) is 85.4 cm³/mol. The summed E-state index contributed by atoms with van der Waals surface area (Å²) in [6.45, 7) is 0. The number of carboxylic acids is 2. The molecular formula is C17H12N2O4. The lowest BCUT2D eigenvalue weighted by atomic mass is 10.1. The van der Waals surface area contributed by atoms with Gasteiger partial charge in [0.25, 0.3) is 0 Å². The Kier molecular flexibility index (Phi) is 3.64. The van der Waals surface area contributed by atoms with E-state index in [9.17, 15) is 19.8 Å². The molecule has 6 nitrogen and oxygen atoms in total. The number of anilines is 2. The monoisotopic (exact) mass is 308 g/mol. The van der Waals surface area contributed by atoms with Gasteiger partial charge >= 0.3 is 11.9 Å². The van der Waals surface area contributed by atoms with Gasteiger partial charge in [0.15, 0.2) is 5.69 Å². The number of aromatic carboxylic acids is 2. The van der Waals surface area contributed by atoms with Crippen LogP contribution in [0.4, 0.5) is 11.4 Å². The van der Waals surface area contributed by atoms with Crippen LogP contribution in [-0.2, 0) is 0 Å². The van der Waals surface area contributed by atoms with E-state index in [-0.39, 0.29) is 16.9 Å². The van der Waals surface area contributed by atoms with E-state index in [1.54, 1.807) is 6.07 Å². The van der Waals surface area contributed by atoms with Crippen LogP contribution in [0.3, 0.4) is 0 Å². The minimum absolute atomic E-state index is 0.0381. The topological polar surface area (TPSA) is 99.5 Å². The molecule has 3 N–H and O–H groups in total. The van der Waals surface area contributed by atoms with E-state index in [4.69, 9.17) is 0 Å². The second-order valence-corrected chi connectivity index (χ2v) is 4.84. The third kappa shape index (κ3) is 2.69. The Balaban J connectivity index is 2.19. The van der Waals surface area contributed by atoms with Crippen LogP contribution in [0, 0.1) is 0 Å². The molecule has 1 aromatic heterocycles. The first-order valence-corrected chi connectivity index (χ1v) is 6.78. The van der Waals surface area contributed by atoms with Crippen LogP contribution in [0.5, 0.6) is 0 Å². The highest BCUT2D eigenvalue weighted by Gasteiger charge is 2.20. The molecule has 0 fully saturated rings. The summed E-state index contributed by atoms with van der Waals surface area (Å²) in [5, 5.41) is 23.3. The first-order valence-electron chi connectivity index (χ1n) is 6.78. The van der Waals surface area contributed by atoms with Gasteiger partial charge in [-0.1, -0.05) is 36.4 Å². The van der Waals surface area contributed by atoms with Crippen molar-refractivity contribution in [2.45, 2.75) is 0 Å². The fourth-order valence-corrected chi connectivity index (χ4v) is 2.40. The van der Waals surface area contributed by atoms with Gasteiger partial charge in [-0.3, -0.25) is 0 Å². The number of fused-ring (bicyclic) bond motifs is 1. The molecule has 3 rings (SSSR count). The Morgan fingerprint density at radius 2 is 1.65 bits per heavy atom. The molecule has 1 heterocycles. The van der Waals surface area contributed by atoms with E-state index >= 15 is 0 Å². The molecule has 0 aliphatic rings. The number of hydrogen-bond acceptors (Lipinski definition) is 4. The molecule has 0 radical (unpaired) electrons. The predicted octanol–water partition coefficient (Wildman–Crippen LogP) is 3.37. The summed E-state index contributed by atoms with van der Waals surface area (Å²) in [5.74, 6) is -2.52. The smallest absolute Gasteiger partial charge is 0.356 e. The number of pyridine rings is 1. The highest BCUT2D eigenvalue weighted by Crippen LogP contribution is 2.29. The zero-order valence-corrected chi connectivity index (χ0v) is 11.9. The summed E-state index contributed by atoms with van der Waals surface area (Å²) in [6.07, 6.45) is 1.17. The number of benzene rings is 2. The van der Waals surface area contributed by atoms with Crippen molar-refractivity contribution in [2.75, 3.05) is 5.32 Å².